The minimum atomic E-state index is -0.386. The molecule has 1 atom stereocenters. The minimum absolute atomic E-state index is 0.243. The Labute approximate surface area is 61.5 Å². The molecule has 3 N–H and O–H groups in total. The van der Waals surface area contributed by atoms with Crippen LogP contribution >= 0.6 is 0 Å². The second-order valence-corrected chi connectivity index (χ2v) is 3.43. The SMILES string of the molecule is C[C@H]([NH3+])C(=O)OC(C)(C)C. The van der Waals surface area contributed by atoms with Gasteiger partial charge in [-0.3, -0.25) is 0 Å². The highest BCUT2D eigenvalue weighted by Gasteiger charge is 2.20. The predicted octanol–water partition coefficient (Wildman–Crippen LogP) is -0.0415. The van der Waals surface area contributed by atoms with E-state index in [9.17, 15) is 4.79 Å². The maximum absolute atomic E-state index is 10.9. The molecule has 0 saturated carbocycles. The van der Waals surface area contributed by atoms with Gasteiger partial charge in [-0.15, -0.1) is 0 Å². The van der Waals surface area contributed by atoms with Crippen LogP contribution in [0.3, 0.4) is 0 Å². The van der Waals surface area contributed by atoms with Crippen LogP contribution in [0.15, 0.2) is 0 Å². The lowest BCUT2D eigenvalue weighted by Gasteiger charge is -2.19. The molecule has 0 aromatic rings. The van der Waals surface area contributed by atoms with Crippen molar-refractivity contribution in [2.24, 2.45) is 0 Å². The number of quaternary nitrogens is 1. The molecule has 10 heavy (non-hydrogen) atoms. The van der Waals surface area contributed by atoms with E-state index < -0.39 is 0 Å². The Morgan fingerprint density at radius 3 is 2.00 bits per heavy atom. The van der Waals surface area contributed by atoms with E-state index in [2.05, 4.69) is 5.73 Å². The number of esters is 1. The third-order valence-corrected chi connectivity index (χ3v) is 0.809. The molecule has 3 nitrogen and oxygen atoms in total. The van der Waals surface area contributed by atoms with Gasteiger partial charge < -0.3 is 10.5 Å². The van der Waals surface area contributed by atoms with Gasteiger partial charge in [0.05, 0.1) is 0 Å². The van der Waals surface area contributed by atoms with Crippen LogP contribution in [0.5, 0.6) is 0 Å². The van der Waals surface area contributed by atoms with Crippen molar-refractivity contribution in [3.05, 3.63) is 0 Å². The van der Waals surface area contributed by atoms with Gasteiger partial charge in [0.25, 0.3) is 0 Å². The Morgan fingerprint density at radius 2 is 1.90 bits per heavy atom. The molecule has 0 spiro atoms. The van der Waals surface area contributed by atoms with Crippen molar-refractivity contribution in [2.75, 3.05) is 0 Å². The van der Waals surface area contributed by atoms with Gasteiger partial charge in [0.2, 0.25) is 0 Å². The molecule has 0 bridgehead atoms. The molecule has 0 radical (unpaired) electrons. The Hall–Kier alpha value is -0.570. The Balaban J connectivity index is 3.81. The van der Waals surface area contributed by atoms with Gasteiger partial charge in [0.1, 0.15) is 5.60 Å². The zero-order valence-corrected chi connectivity index (χ0v) is 7.10. The molecule has 0 aliphatic rings. The lowest BCUT2D eigenvalue weighted by Crippen LogP contribution is -2.64. The maximum Gasteiger partial charge on any atom is 0.364 e. The number of hydrogen-bond acceptors (Lipinski definition) is 2. The molecule has 0 aliphatic carbocycles. The number of hydrogen-bond donors (Lipinski definition) is 1. The lowest BCUT2D eigenvalue weighted by atomic mass is 10.2. The van der Waals surface area contributed by atoms with Gasteiger partial charge in [-0.2, -0.15) is 0 Å². The van der Waals surface area contributed by atoms with Crippen molar-refractivity contribution < 1.29 is 15.3 Å². The maximum atomic E-state index is 10.9. The van der Waals surface area contributed by atoms with E-state index in [4.69, 9.17) is 4.74 Å². The van der Waals surface area contributed by atoms with Crippen molar-refractivity contribution in [1.82, 2.24) is 0 Å². The van der Waals surface area contributed by atoms with Gasteiger partial charge in [-0.25, -0.2) is 4.79 Å². The summed E-state index contributed by atoms with van der Waals surface area (Å²) in [7, 11) is 0. The Kier molecular flexibility index (Phi) is 2.84. The molecule has 0 fully saturated rings. The lowest BCUT2D eigenvalue weighted by molar-refractivity contribution is -0.404. The fourth-order valence-corrected chi connectivity index (χ4v) is 0.402. The average Bonchev–Trinajstić information content (AvgIpc) is 1.60. The molecule has 0 aromatic carbocycles. The molecule has 0 saturated heterocycles. The van der Waals surface area contributed by atoms with Crippen LogP contribution in [0.1, 0.15) is 27.7 Å². The van der Waals surface area contributed by atoms with Crippen molar-refractivity contribution in [3.63, 3.8) is 0 Å². The first-order valence-electron chi connectivity index (χ1n) is 3.39. The minimum Gasteiger partial charge on any atom is -0.456 e. The van der Waals surface area contributed by atoms with Gasteiger partial charge in [-0.1, -0.05) is 0 Å². The van der Waals surface area contributed by atoms with Crippen LogP contribution in [-0.4, -0.2) is 17.6 Å². The van der Waals surface area contributed by atoms with E-state index in [1.807, 2.05) is 20.8 Å². The summed E-state index contributed by atoms with van der Waals surface area (Å²) in [6.07, 6.45) is 0. The first kappa shape index (κ1) is 9.43. The van der Waals surface area contributed by atoms with Crippen molar-refractivity contribution in [3.8, 4) is 0 Å². The first-order valence-corrected chi connectivity index (χ1v) is 3.39. The summed E-state index contributed by atoms with van der Waals surface area (Å²) < 4.78 is 5.00. The second kappa shape index (κ2) is 3.01. The molecular weight excluding hydrogens is 130 g/mol. The normalized spacial score (nSPS) is 14.5. The third kappa shape index (κ3) is 4.32. The van der Waals surface area contributed by atoms with Gasteiger partial charge in [-0.05, 0) is 27.7 Å². The third-order valence-electron chi connectivity index (χ3n) is 0.809. The van der Waals surface area contributed by atoms with E-state index in [0.29, 0.717) is 0 Å². The zero-order chi connectivity index (χ0) is 8.36. The highest BCUT2D eigenvalue weighted by molar-refractivity contribution is 5.73. The monoisotopic (exact) mass is 146 g/mol. The summed E-state index contributed by atoms with van der Waals surface area (Å²) in [5, 5.41) is 0. The van der Waals surface area contributed by atoms with Crippen molar-refractivity contribution in [2.45, 2.75) is 39.3 Å². The summed E-state index contributed by atoms with van der Waals surface area (Å²) in [5.41, 5.74) is 3.16. The van der Waals surface area contributed by atoms with E-state index in [0.717, 1.165) is 0 Å². The summed E-state index contributed by atoms with van der Waals surface area (Å²) in [6.45, 7) is 7.24. The fraction of sp³-hybridized carbons (Fsp3) is 0.857. The fourth-order valence-electron chi connectivity index (χ4n) is 0.402. The first-order chi connectivity index (χ1) is 4.33. The van der Waals surface area contributed by atoms with E-state index in [1.165, 1.54) is 0 Å². The topological polar surface area (TPSA) is 53.9 Å². The van der Waals surface area contributed by atoms with Crippen LogP contribution in [0, 0.1) is 0 Å². The summed E-state index contributed by atoms with van der Waals surface area (Å²) in [5.74, 6) is -0.243. The Bertz CT molecular complexity index is 124. The van der Waals surface area contributed by atoms with Gasteiger partial charge in [0, 0.05) is 0 Å². The van der Waals surface area contributed by atoms with E-state index >= 15 is 0 Å². The molecule has 0 aromatic heterocycles. The molecule has 0 amide bonds. The van der Waals surface area contributed by atoms with Gasteiger partial charge >= 0.3 is 5.97 Å². The molecular formula is C7H16NO2+. The van der Waals surface area contributed by atoms with Crippen LogP contribution in [0.2, 0.25) is 0 Å². The number of carbonyl (C=O) groups is 1. The quantitative estimate of drug-likeness (QED) is 0.528. The molecule has 0 aliphatic heterocycles. The highest BCUT2D eigenvalue weighted by atomic mass is 16.6. The van der Waals surface area contributed by atoms with Crippen LogP contribution in [-0.2, 0) is 9.53 Å². The Morgan fingerprint density at radius 1 is 1.50 bits per heavy atom. The zero-order valence-electron chi connectivity index (χ0n) is 7.10. The highest BCUT2D eigenvalue weighted by Crippen LogP contribution is 2.06. The van der Waals surface area contributed by atoms with Crippen molar-refractivity contribution >= 4 is 5.97 Å². The molecule has 0 rings (SSSR count). The van der Waals surface area contributed by atoms with Crippen LogP contribution in [0.25, 0.3) is 0 Å². The van der Waals surface area contributed by atoms with Crippen molar-refractivity contribution in [1.29, 1.82) is 0 Å². The standard InChI is InChI=1S/C7H15NO2/c1-5(8)6(9)10-7(2,3)4/h5H,8H2,1-4H3/p+1/t5-/m0/s1. The largest absolute Gasteiger partial charge is 0.456 e. The number of carbonyl (C=O) groups excluding carboxylic acids is 1. The molecule has 3 heteroatoms. The summed E-state index contributed by atoms with van der Waals surface area (Å²) in [6, 6.07) is -0.278. The summed E-state index contributed by atoms with van der Waals surface area (Å²) in [4.78, 5) is 10.9. The summed E-state index contributed by atoms with van der Waals surface area (Å²) >= 11 is 0. The predicted molar refractivity (Wildman–Crippen MR) is 38.2 cm³/mol. The van der Waals surface area contributed by atoms with E-state index in [1.54, 1.807) is 6.92 Å². The molecule has 0 heterocycles. The smallest absolute Gasteiger partial charge is 0.364 e. The van der Waals surface area contributed by atoms with Crippen LogP contribution in [0.4, 0.5) is 0 Å². The average molecular weight is 146 g/mol. The number of rotatable bonds is 1. The molecule has 0 unspecified atom stereocenters. The van der Waals surface area contributed by atoms with Gasteiger partial charge in [0.15, 0.2) is 6.04 Å². The van der Waals surface area contributed by atoms with Crippen LogP contribution < -0.4 is 5.73 Å². The molecule has 60 valence electrons. The number of ether oxygens (including phenoxy) is 1. The van der Waals surface area contributed by atoms with E-state index in [-0.39, 0.29) is 17.6 Å². The second-order valence-electron chi connectivity index (χ2n) is 3.43.